The topological polar surface area (TPSA) is 66.0 Å². The first-order chi connectivity index (χ1) is 14.0. The molecule has 29 heavy (non-hydrogen) atoms. The van der Waals surface area contributed by atoms with Gasteiger partial charge in [-0.1, -0.05) is 18.9 Å². The fourth-order valence-electron chi connectivity index (χ4n) is 4.05. The number of hydrogen-bond acceptors (Lipinski definition) is 3. The Morgan fingerprint density at radius 1 is 1.34 bits per heavy atom. The molecule has 0 aromatic heterocycles. The van der Waals surface area contributed by atoms with Gasteiger partial charge in [0.25, 0.3) is 0 Å². The monoisotopic (exact) mass is 404 g/mol. The van der Waals surface area contributed by atoms with Crippen molar-refractivity contribution in [3.8, 4) is 5.75 Å². The molecule has 1 saturated carbocycles. The SMILES string of the molecule is CCNC(=NCC(C)Oc1cccc(F)c1)NC1CCN(C(=O)C2CCCC2)C1. The molecule has 7 heteroatoms. The summed E-state index contributed by atoms with van der Waals surface area (Å²) in [4.78, 5) is 19.2. The van der Waals surface area contributed by atoms with Crippen molar-refractivity contribution in [2.75, 3.05) is 26.2 Å². The van der Waals surface area contributed by atoms with E-state index >= 15 is 0 Å². The Balaban J connectivity index is 1.49. The van der Waals surface area contributed by atoms with Crippen molar-refractivity contribution in [2.45, 2.75) is 58.1 Å². The molecule has 2 fully saturated rings. The van der Waals surface area contributed by atoms with Crippen molar-refractivity contribution in [2.24, 2.45) is 10.9 Å². The van der Waals surface area contributed by atoms with Crippen LogP contribution in [0.4, 0.5) is 4.39 Å². The van der Waals surface area contributed by atoms with Gasteiger partial charge in [0, 0.05) is 37.7 Å². The van der Waals surface area contributed by atoms with Crippen molar-refractivity contribution in [3.63, 3.8) is 0 Å². The summed E-state index contributed by atoms with van der Waals surface area (Å²) in [5, 5.41) is 6.71. The van der Waals surface area contributed by atoms with Gasteiger partial charge in [-0.2, -0.15) is 0 Å². The van der Waals surface area contributed by atoms with E-state index in [1.165, 1.54) is 25.0 Å². The summed E-state index contributed by atoms with van der Waals surface area (Å²) in [6.45, 7) is 6.68. The highest BCUT2D eigenvalue weighted by Crippen LogP contribution is 2.27. The minimum Gasteiger partial charge on any atom is -0.489 e. The van der Waals surface area contributed by atoms with E-state index in [0.29, 0.717) is 18.2 Å². The molecule has 160 valence electrons. The fourth-order valence-corrected chi connectivity index (χ4v) is 4.05. The lowest BCUT2D eigenvalue weighted by Crippen LogP contribution is -2.45. The third-order valence-electron chi connectivity index (χ3n) is 5.53. The lowest BCUT2D eigenvalue weighted by molar-refractivity contribution is -0.134. The van der Waals surface area contributed by atoms with E-state index in [2.05, 4.69) is 15.6 Å². The van der Waals surface area contributed by atoms with Gasteiger partial charge in [-0.05, 0) is 45.2 Å². The second kappa shape index (κ2) is 10.5. The smallest absolute Gasteiger partial charge is 0.225 e. The molecule has 1 saturated heterocycles. The van der Waals surface area contributed by atoms with E-state index in [9.17, 15) is 9.18 Å². The zero-order chi connectivity index (χ0) is 20.6. The average Bonchev–Trinajstić information content (AvgIpc) is 3.38. The summed E-state index contributed by atoms with van der Waals surface area (Å²) in [5.74, 6) is 1.47. The minimum absolute atomic E-state index is 0.184. The van der Waals surface area contributed by atoms with Crippen LogP contribution in [0, 0.1) is 11.7 Å². The number of benzene rings is 1. The van der Waals surface area contributed by atoms with Crippen LogP contribution in [-0.4, -0.2) is 55.1 Å². The standard InChI is InChI=1S/C22H33FN4O2/c1-3-24-22(25-14-16(2)29-20-10-6-9-18(23)13-20)26-19-11-12-27(15-19)21(28)17-7-4-5-8-17/h6,9-10,13,16-17,19H,3-5,7-8,11-12,14-15H2,1-2H3,(H2,24,25,26). The molecule has 2 unspecified atom stereocenters. The maximum Gasteiger partial charge on any atom is 0.225 e. The molecule has 1 aliphatic heterocycles. The van der Waals surface area contributed by atoms with Crippen LogP contribution in [0.25, 0.3) is 0 Å². The first kappa shape index (κ1) is 21.4. The van der Waals surface area contributed by atoms with Crippen molar-refractivity contribution in [1.82, 2.24) is 15.5 Å². The van der Waals surface area contributed by atoms with Gasteiger partial charge in [-0.15, -0.1) is 0 Å². The van der Waals surface area contributed by atoms with Gasteiger partial charge in [0.05, 0.1) is 6.54 Å². The summed E-state index contributed by atoms with van der Waals surface area (Å²) in [5.41, 5.74) is 0. The van der Waals surface area contributed by atoms with E-state index in [1.54, 1.807) is 12.1 Å². The Kier molecular flexibility index (Phi) is 7.72. The second-order valence-corrected chi connectivity index (χ2v) is 8.00. The van der Waals surface area contributed by atoms with E-state index in [1.807, 2.05) is 18.7 Å². The third-order valence-corrected chi connectivity index (χ3v) is 5.53. The number of likely N-dealkylation sites (tertiary alicyclic amines) is 1. The summed E-state index contributed by atoms with van der Waals surface area (Å²) in [6.07, 6.45) is 5.19. The van der Waals surface area contributed by atoms with Gasteiger partial charge < -0.3 is 20.3 Å². The molecule has 0 bridgehead atoms. The van der Waals surface area contributed by atoms with E-state index in [0.717, 1.165) is 44.9 Å². The predicted octanol–water partition coefficient (Wildman–Crippen LogP) is 2.94. The van der Waals surface area contributed by atoms with E-state index in [-0.39, 0.29) is 23.9 Å². The van der Waals surface area contributed by atoms with Crippen molar-refractivity contribution in [1.29, 1.82) is 0 Å². The number of guanidine groups is 1. The molecule has 1 aromatic carbocycles. The van der Waals surface area contributed by atoms with Gasteiger partial charge in [0.15, 0.2) is 5.96 Å². The minimum atomic E-state index is -0.314. The first-order valence-corrected chi connectivity index (χ1v) is 10.8. The maximum atomic E-state index is 13.3. The molecule has 6 nitrogen and oxygen atoms in total. The fraction of sp³-hybridized carbons (Fsp3) is 0.636. The zero-order valence-corrected chi connectivity index (χ0v) is 17.5. The number of halogens is 1. The molecular formula is C22H33FN4O2. The number of rotatable bonds is 7. The number of carbonyl (C=O) groups excluding carboxylic acids is 1. The molecule has 1 aromatic rings. The lowest BCUT2D eigenvalue weighted by atomic mass is 10.1. The zero-order valence-electron chi connectivity index (χ0n) is 17.5. The molecule has 0 radical (unpaired) electrons. The van der Waals surface area contributed by atoms with Gasteiger partial charge in [0.1, 0.15) is 17.7 Å². The van der Waals surface area contributed by atoms with Gasteiger partial charge >= 0.3 is 0 Å². The molecule has 2 aliphatic rings. The number of carbonyl (C=O) groups is 1. The molecule has 2 atom stereocenters. The summed E-state index contributed by atoms with van der Waals surface area (Å²) < 4.78 is 19.0. The van der Waals surface area contributed by atoms with Crippen molar-refractivity contribution >= 4 is 11.9 Å². The molecule has 1 amide bonds. The van der Waals surface area contributed by atoms with Crippen LogP contribution in [0.3, 0.4) is 0 Å². The van der Waals surface area contributed by atoms with Crippen LogP contribution >= 0.6 is 0 Å². The Bertz CT molecular complexity index is 706. The van der Waals surface area contributed by atoms with Crippen molar-refractivity contribution < 1.29 is 13.9 Å². The summed E-state index contributed by atoms with van der Waals surface area (Å²) in [7, 11) is 0. The number of hydrogen-bond donors (Lipinski definition) is 2. The van der Waals surface area contributed by atoms with E-state index < -0.39 is 0 Å². The maximum absolute atomic E-state index is 13.3. The Hall–Kier alpha value is -2.31. The highest BCUT2D eigenvalue weighted by molar-refractivity contribution is 5.81. The van der Waals surface area contributed by atoms with Crippen LogP contribution in [0.15, 0.2) is 29.3 Å². The number of amides is 1. The predicted molar refractivity (Wildman–Crippen MR) is 113 cm³/mol. The molecule has 1 heterocycles. The van der Waals surface area contributed by atoms with Crippen LogP contribution < -0.4 is 15.4 Å². The number of nitrogens with one attached hydrogen (secondary N) is 2. The highest BCUT2D eigenvalue weighted by atomic mass is 19.1. The van der Waals surface area contributed by atoms with Crippen LogP contribution in [0.5, 0.6) is 5.75 Å². The van der Waals surface area contributed by atoms with Crippen LogP contribution in [0.1, 0.15) is 46.0 Å². The average molecular weight is 405 g/mol. The van der Waals surface area contributed by atoms with Crippen LogP contribution in [0.2, 0.25) is 0 Å². The molecule has 2 N–H and O–H groups in total. The number of aliphatic imine (C=N–C) groups is 1. The highest BCUT2D eigenvalue weighted by Gasteiger charge is 2.32. The Labute approximate surface area is 172 Å². The number of ether oxygens (including phenoxy) is 1. The van der Waals surface area contributed by atoms with E-state index in [4.69, 9.17) is 4.74 Å². The lowest BCUT2D eigenvalue weighted by Gasteiger charge is -2.22. The van der Waals surface area contributed by atoms with Crippen molar-refractivity contribution in [3.05, 3.63) is 30.1 Å². The first-order valence-electron chi connectivity index (χ1n) is 10.8. The molecule has 3 rings (SSSR count). The summed E-state index contributed by atoms with van der Waals surface area (Å²) in [6, 6.07) is 6.34. The quantitative estimate of drug-likeness (QED) is 0.542. The van der Waals surface area contributed by atoms with Gasteiger partial charge in [-0.25, -0.2) is 9.38 Å². The van der Waals surface area contributed by atoms with Crippen LogP contribution in [-0.2, 0) is 4.79 Å². The van der Waals surface area contributed by atoms with Gasteiger partial charge in [-0.3, -0.25) is 4.79 Å². The molecule has 0 spiro atoms. The molecule has 1 aliphatic carbocycles. The molecular weight excluding hydrogens is 371 g/mol. The second-order valence-electron chi connectivity index (χ2n) is 8.00. The number of nitrogens with zero attached hydrogens (tertiary/aromatic N) is 2. The Morgan fingerprint density at radius 3 is 2.86 bits per heavy atom. The van der Waals surface area contributed by atoms with Gasteiger partial charge in [0.2, 0.25) is 5.91 Å². The third kappa shape index (κ3) is 6.34. The largest absolute Gasteiger partial charge is 0.489 e. The summed E-state index contributed by atoms with van der Waals surface area (Å²) >= 11 is 0. The normalized spacial score (nSPS) is 21.3. The Morgan fingerprint density at radius 2 is 2.14 bits per heavy atom.